The number of β-lactam (4-membered cyclic amide) rings is 1. The molecule has 0 N–H and O–H groups in total. The van der Waals surface area contributed by atoms with Crippen molar-refractivity contribution in [3.05, 3.63) is 48.0 Å². The second-order valence-electron chi connectivity index (χ2n) is 3.85. The normalized spacial score (nSPS) is 28.0. The summed E-state index contributed by atoms with van der Waals surface area (Å²) in [6.07, 6.45) is 4.10. The number of likely N-dealkylation sites (tertiary alicyclic amines) is 1. The molecule has 1 saturated heterocycles. The molecule has 0 saturated carbocycles. The first-order valence-corrected chi connectivity index (χ1v) is 4.89. The summed E-state index contributed by atoms with van der Waals surface area (Å²) in [5.74, 6) is 0.486. The van der Waals surface area contributed by atoms with Gasteiger partial charge in [0.1, 0.15) is 0 Å². The molecule has 14 heavy (non-hydrogen) atoms. The van der Waals surface area contributed by atoms with Crippen LogP contribution in [0, 0.1) is 5.92 Å². The Balaban J connectivity index is 1.75. The topological polar surface area (TPSA) is 20.3 Å². The van der Waals surface area contributed by atoms with Gasteiger partial charge in [0.2, 0.25) is 5.91 Å². The predicted octanol–water partition coefficient (Wildman–Crippen LogP) is 1.58. The maximum Gasteiger partial charge on any atom is 0.232 e. The quantitative estimate of drug-likeness (QED) is 0.506. The summed E-state index contributed by atoms with van der Waals surface area (Å²) in [4.78, 5) is 13.4. The lowest BCUT2D eigenvalue weighted by Gasteiger charge is -2.49. The summed E-state index contributed by atoms with van der Waals surface area (Å²) < 4.78 is 0. The van der Waals surface area contributed by atoms with Crippen LogP contribution in [0.4, 0.5) is 0 Å². The third-order valence-electron chi connectivity index (χ3n) is 3.01. The predicted molar refractivity (Wildman–Crippen MR) is 53.4 cm³/mol. The molecule has 0 bridgehead atoms. The van der Waals surface area contributed by atoms with Crippen LogP contribution in [0.3, 0.4) is 0 Å². The third kappa shape index (κ3) is 0.939. The molecule has 0 spiro atoms. The first kappa shape index (κ1) is 7.80. The van der Waals surface area contributed by atoms with Crippen LogP contribution in [0.5, 0.6) is 0 Å². The van der Waals surface area contributed by atoms with Gasteiger partial charge in [0.25, 0.3) is 0 Å². The van der Waals surface area contributed by atoms with E-state index in [-0.39, 0.29) is 11.8 Å². The molecule has 1 aliphatic heterocycles. The molecule has 0 aromatic heterocycles. The zero-order valence-electron chi connectivity index (χ0n) is 7.76. The Bertz CT molecular complexity index is 396. The van der Waals surface area contributed by atoms with Crippen LogP contribution < -0.4 is 0 Å². The minimum absolute atomic E-state index is 0.207. The molecule has 1 aromatic rings. The number of benzene rings is 1. The van der Waals surface area contributed by atoms with Crippen molar-refractivity contribution < 1.29 is 4.79 Å². The fourth-order valence-corrected chi connectivity index (χ4v) is 2.07. The van der Waals surface area contributed by atoms with Crippen molar-refractivity contribution in [1.82, 2.24) is 4.90 Å². The van der Waals surface area contributed by atoms with E-state index in [2.05, 4.69) is 18.2 Å². The highest BCUT2D eigenvalue weighted by Gasteiger charge is 2.48. The van der Waals surface area contributed by atoms with Crippen molar-refractivity contribution in [2.24, 2.45) is 5.92 Å². The van der Waals surface area contributed by atoms with E-state index < -0.39 is 0 Å². The molecule has 0 unspecified atom stereocenters. The lowest BCUT2D eigenvalue weighted by Crippen LogP contribution is -2.62. The number of amides is 1. The van der Waals surface area contributed by atoms with Gasteiger partial charge in [-0.2, -0.15) is 0 Å². The van der Waals surface area contributed by atoms with Gasteiger partial charge < -0.3 is 4.90 Å². The maximum absolute atomic E-state index is 11.5. The molecule has 2 aliphatic rings. The molecule has 2 nitrogen and oxygen atoms in total. The number of rotatable bonds is 2. The van der Waals surface area contributed by atoms with Crippen molar-refractivity contribution in [2.75, 3.05) is 0 Å². The van der Waals surface area contributed by atoms with Gasteiger partial charge in [0.15, 0.2) is 0 Å². The van der Waals surface area contributed by atoms with E-state index in [0.29, 0.717) is 6.04 Å². The minimum Gasteiger partial charge on any atom is -0.330 e. The number of fused-ring (bicyclic) bond motifs is 1. The van der Waals surface area contributed by atoms with Crippen LogP contribution in [0.1, 0.15) is 5.56 Å². The smallest absolute Gasteiger partial charge is 0.232 e. The van der Waals surface area contributed by atoms with Crippen molar-refractivity contribution in [3.63, 3.8) is 0 Å². The fourth-order valence-electron chi connectivity index (χ4n) is 2.07. The number of hydrogen-bond donors (Lipinski definition) is 0. The molecule has 1 amide bonds. The van der Waals surface area contributed by atoms with Crippen LogP contribution in [0.25, 0.3) is 0 Å². The van der Waals surface area contributed by atoms with Gasteiger partial charge in [-0.05, 0) is 5.56 Å². The SMILES string of the molecule is O=C1[C@@H]2C=C[C@H]2N1Cc1ccccc1. The van der Waals surface area contributed by atoms with Crippen LogP contribution in [-0.4, -0.2) is 16.8 Å². The average Bonchev–Trinajstić information content (AvgIpc) is 2.17. The summed E-state index contributed by atoms with van der Waals surface area (Å²) >= 11 is 0. The van der Waals surface area contributed by atoms with Crippen LogP contribution >= 0.6 is 0 Å². The minimum atomic E-state index is 0.207. The zero-order chi connectivity index (χ0) is 9.54. The van der Waals surface area contributed by atoms with Gasteiger partial charge in [0.05, 0.1) is 12.0 Å². The fraction of sp³-hybridized carbons (Fsp3) is 0.250. The largest absolute Gasteiger partial charge is 0.330 e. The van der Waals surface area contributed by atoms with Crippen molar-refractivity contribution in [1.29, 1.82) is 0 Å². The monoisotopic (exact) mass is 185 g/mol. The van der Waals surface area contributed by atoms with E-state index in [9.17, 15) is 4.79 Å². The van der Waals surface area contributed by atoms with Crippen LogP contribution in [-0.2, 0) is 11.3 Å². The van der Waals surface area contributed by atoms with Gasteiger partial charge in [0, 0.05) is 6.54 Å². The van der Waals surface area contributed by atoms with Crippen molar-refractivity contribution >= 4 is 5.91 Å². The third-order valence-corrected chi connectivity index (χ3v) is 3.01. The van der Waals surface area contributed by atoms with E-state index >= 15 is 0 Å². The molecule has 3 rings (SSSR count). The molecule has 1 aromatic carbocycles. The van der Waals surface area contributed by atoms with Crippen LogP contribution in [0.2, 0.25) is 0 Å². The van der Waals surface area contributed by atoms with E-state index in [1.165, 1.54) is 5.56 Å². The van der Waals surface area contributed by atoms with E-state index in [0.717, 1.165) is 6.54 Å². The second kappa shape index (κ2) is 2.71. The van der Waals surface area contributed by atoms with Crippen LogP contribution in [0.15, 0.2) is 42.5 Å². The molecule has 1 aliphatic carbocycles. The highest BCUT2D eigenvalue weighted by molar-refractivity contribution is 5.90. The standard InChI is InChI=1S/C12H11NO/c14-12-10-6-7-11(10)13(12)8-9-4-2-1-3-5-9/h1-7,10-11H,8H2/t10-,11-/m1/s1. The van der Waals surface area contributed by atoms with Gasteiger partial charge in [-0.3, -0.25) is 4.79 Å². The highest BCUT2D eigenvalue weighted by Crippen LogP contribution is 2.37. The Morgan fingerprint density at radius 3 is 2.50 bits per heavy atom. The molecule has 1 fully saturated rings. The molecule has 2 heteroatoms. The van der Waals surface area contributed by atoms with E-state index in [1.54, 1.807) is 0 Å². The number of carbonyl (C=O) groups excluding carboxylic acids is 1. The Morgan fingerprint density at radius 2 is 1.93 bits per heavy atom. The summed E-state index contributed by atoms with van der Waals surface area (Å²) in [6.45, 7) is 0.755. The summed E-state index contributed by atoms with van der Waals surface area (Å²) in [7, 11) is 0. The number of carbonyl (C=O) groups is 1. The molecule has 0 radical (unpaired) electrons. The molecular weight excluding hydrogens is 174 g/mol. The maximum atomic E-state index is 11.5. The summed E-state index contributed by atoms with van der Waals surface area (Å²) in [6, 6.07) is 10.5. The highest BCUT2D eigenvalue weighted by atomic mass is 16.2. The molecule has 1 heterocycles. The molecule has 70 valence electrons. The average molecular weight is 185 g/mol. The summed E-state index contributed by atoms with van der Waals surface area (Å²) in [5, 5.41) is 0. The number of nitrogens with zero attached hydrogens (tertiary/aromatic N) is 1. The molecular formula is C12H11NO. The van der Waals surface area contributed by atoms with E-state index in [4.69, 9.17) is 0 Å². The first-order chi connectivity index (χ1) is 6.86. The Kier molecular flexibility index (Phi) is 1.51. The molecule has 2 atom stereocenters. The zero-order valence-corrected chi connectivity index (χ0v) is 7.76. The van der Waals surface area contributed by atoms with Gasteiger partial charge in [-0.25, -0.2) is 0 Å². The van der Waals surface area contributed by atoms with Crippen molar-refractivity contribution in [3.8, 4) is 0 Å². The Hall–Kier alpha value is -1.57. The Morgan fingerprint density at radius 1 is 1.14 bits per heavy atom. The summed E-state index contributed by atoms with van der Waals surface area (Å²) in [5.41, 5.74) is 1.21. The Labute approximate surface area is 82.8 Å². The van der Waals surface area contributed by atoms with Gasteiger partial charge in [-0.15, -0.1) is 0 Å². The van der Waals surface area contributed by atoms with Crippen molar-refractivity contribution in [2.45, 2.75) is 12.6 Å². The first-order valence-electron chi connectivity index (χ1n) is 4.89. The lowest BCUT2D eigenvalue weighted by molar-refractivity contribution is -0.152. The number of hydrogen-bond acceptors (Lipinski definition) is 1. The van der Waals surface area contributed by atoms with Gasteiger partial charge in [-0.1, -0.05) is 42.5 Å². The van der Waals surface area contributed by atoms with Gasteiger partial charge >= 0.3 is 0 Å². The lowest BCUT2D eigenvalue weighted by atomic mass is 9.78. The van der Waals surface area contributed by atoms with E-state index in [1.807, 2.05) is 29.2 Å². The second-order valence-corrected chi connectivity index (χ2v) is 3.85.